The second kappa shape index (κ2) is 5.74. The van der Waals surface area contributed by atoms with Crippen LogP contribution in [0.3, 0.4) is 0 Å². The van der Waals surface area contributed by atoms with Gasteiger partial charge in [-0.1, -0.05) is 32.4 Å². The number of aromatic carboxylic acids is 1. The van der Waals surface area contributed by atoms with E-state index in [0.29, 0.717) is 10.8 Å². The number of nitrogens with one attached hydrogen (secondary N) is 1. The highest BCUT2D eigenvalue weighted by Crippen LogP contribution is 2.25. The third-order valence-corrected chi connectivity index (χ3v) is 3.21. The van der Waals surface area contributed by atoms with Crippen LogP contribution in [-0.2, 0) is 5.41 Å². The van der Waals surface area contributed by atoms with Crippen LogP contribution in [0.25, 0.3) is 0 Å². The van der Waals surface area contributed by atoms with Gasteiger partial charge in [-0.3, -0.25) is 0 Å². The molecule has 1 aromatic heterocycles. The molecule has 5 heteroatoms. The van der Waals surface area contributed by atoms with Gasteiger partial charge in [-0.25, -0.2) is 9.78 Å². The molecule has 0 saturated carbocycles. The van der Waals surface area contributed by atoms with Gasteiger partial charge in [0.2, 0.25) is 0 Å². The van der Waals surface area contributed by atoms with E-state index in [1.54, 1.807) is 18.2 Å². The maximum Gasteiger partial charge on any atom is 0.335 e. The van der Waals surface area contributed by atoms with Crippen LogP contribution < -0.4 is 5.32 Å². The molecule has 0 aliphatic rings. The minimum atomic E-state index is -0.970. The van der Waals surface area contributed by atoms with Crippen molar-refractivity contribution in [2.45, 2.75) is 26.2 Å². The summed E-state index contributed by atoms with van der Waals surface area (Å²) >= 11 is 5.85. The van der Waals surface area contributed by atoms with Crippen molar-refractivity contribution in [2.75, 3.05) is 5.32 Å². The molecule has 110 valence electrons. The number of carbonyl (C=O) groups is 1. The fourth-order valence-corrected chi connectivity index (χ4v) is 1.91. The lowest BCUT2D eigenvalue weighted by Gasteiger charge is -2.19. The van der Waals surface area contributed by atoms with Gasteiger partial charge in [0, 0.05) is 21.8 Å². The molecule has 0 bridgehead atoms. The molecule has 1 aromatic carbocycles. The van der Waals surface area contributed by atoms with E-state index in [2.05, 4.69) is 10.3 Å². The predicted molar refractivity (Wildman–Crippen MR) is 84.6 cm³/mol. The lowest BCUT2D eigenvalue weighted by molar-refractivity contribution is 0.0696. The summed E-state index contributed by atoms with van der Waals surface area (Å²) in [6.07, 6.45) is 0. The van der Waals surface area contributed by atoms with Crippen LogP contribution in [0.4, 0.5) is 11.5 Å². The van der Waals surface area contributed by atoms with Crippen molar-refractivity contribution in [2.24, 2.45) is 0 Å². The van der Waals surface area contributed by atoms with Crippen molar-refractivity contribution in [3.8, 4) is 0 Å². The highest BCUT2D eigenvalue weighted by molar-refractivity contribution is 6.30. The van der Waals surface area contributed by atoms with Gasteiger partial charge in [-0.15, -0.1) is 0 Å². The van der Waals surface area contributed by atoms with Gasteiger partial charge >= 0.3 is 5.97 Å². The highest BCUT2D eigenvalue weighted by atomic mass is 35.5. The smallest absolute Gasteiger partial charge is 0.335 e. The average Bonchev–Trinajstić information content (AvgIpc) is 2.40. The van der Waals surface area contributed by atoms with E-state index in [0.717, 1.165) is 11.4 Å². The topological polar surface area (TPSA) is 62.2 Å². The highest BCUT2D eigenvalue weighted by Gasteiger charge is 2.19. The summed E-state index contributed by atoms with van der Waals surface area (Å²) in [6.45, 7) is 5.98. The zero-order valence-corrected chi connectivity index (χ0v) is 12.9. The Kier molecular flexibility index (Phi) is 4.19. The summed E-state index contributed by atoms with van der Waals surface area (Å²) in [7, 11) is 0. The zero-order valence-electron chi connectivity index (χ0n) is 12.1. The number of carboxylic acid groups (broad SMARTS) is 1. The van der Waals surface area contributed by atoms with Gasteiger partial charge in [-0.2, -0.15) is 0 Å². The molecule has 0 aliphatic heterocycles. The molecule has 0 unspecified atom stereocenters. The molecule has 0 spiro atoms. The molecule has 0 fully saturated rings. The molecule has 0 aliphatic carbocycles. The standard InChI is InChI=1S/C16H17ClN2O2/c1-16(2,3)13-8-10(15(20)21)9-14(19-13)18-12-6-4-11(17)5-7-12/h4-9H,1-3H3,(H,18,19)(H,20,21). The first-order valence-corrected chi connectivity index (χ1v) is 6.92. The summed E-state index contributed by atoms with van der Waals surface area (Å²) in [4.78, 5) is 15.8. The Labute approximate surface area is 128 Å². The van der Waals surface area contributed by atoms with Crippen LogP contribution in [0, 0.1) is 0 Å². The molecule has 4 nitrogen and oxygen atoms in total. The van der Waals surface area contributed by atoms with E-state index in [1.165, 1.54) is 6.07 Å². The number of aromatic nitrogens is 1. The van der Waals surface area contributed by atoms with Crippen molar-refractivity contribution >= 4 is 29.1 Å². The molecule has 0 amide bonds. The van der Waals surface area contributed by atoms with Crippen LogP contribution in [0.2, 0.25) is 5.02 Å². The Hall–Kier alpha value is -2.07. The van der Waals surface area contributed by atoms with Gasteiger partial charge in [0.1, 0.15) is 5.82 Å². The third kappa shape index (κ3) is 3.95. The molecular formula is C16H17ClN2O2. The molecule has 2 rings (SSSR count). The fourth-order valence-electron chi connectivity index (χ4n) is 1.78. The molecule has 1 heterocycles. The molecule has 21 heavy (non-hydrogen) atoms. The van der Waals surface area contributed by atoms with Crippen molar-refractivity contribution in [1.82, 2.24) is 4.98 Å². The second-order valence-corrected chi connectivity index (χ2v) is 6.25. The summed E-state index contributed by atoms with van der Waals surface area (Å²) in [5.74, 6) is -0.468. The summed E-state index contributed by atoms with van der Waals surface area (Å²) < 4.78 is 0. The van der Waals surface area contributed by atoms with Crippen molar-refractivity contribution < 1.29 is 9.90 Å². The number of halogens is 1. The predicted octanol–water partition coefficient (Wildman–Crippen LogP) is 4.47. The molecule has 0 atom stereocenters. The van der Waals surface area contributed by atoms with E-state index in [9.17, 15) is 9.90 Å². The number of pyridine rings is 1. The van der Waals surface area contributed by atoms with Crippen LogP contribution in [-0.4, -0.2) is 16.1 Å². The number of nitrogens with zero attached hydrogens (tertiary/aromatic N) is 1. The van der Waals surface area contributed by atoms with Crippen LogP contribution in [0.1, 0.15) is 36.8 Å². The Balaban J connectivity index is 2.40. The average molecular weight is 305 g/mol. The largest absolute Gasteiger partial charge is 0.478 e. The van der Waals surface area contributed by atoms with E-state index in [1.807, 2.05) is 32.9 Å². The Morgan fingerprint density at radius 1 is 1.19 bits per heavy atom. The van der Waals surface area contributed by atoms with Crippen molar-refractivity contribution in [3.05, 3.63) is 52.7 Å². The number of hydrogen-bond acceptors (Lipinski definition) is 3. The van der Waals surface area contributed by atoms with Crippen LogP contribution in [0.5, 0.6) is 0 Å². The van der Waals surface area contributed by atoms with E-state index in [-0.39, 0.29) is 11.0 Å². The quantitative estimate of drug-likeness (QED) is 0.878. The molecule has 2 N–H and O–H groups in total. The molecule has 0 radical (unpaired) electrons. The lowest BCUT2D eigenvalue weighted by Crippen LogP contribution is -2.16. The summed E-state index contributed by atoms with van der Waals surface area (Å²) in [5, 5.41) is 13.0. The van der Waals surface area contributed by atoms with Gasteiger partial charge < -0.3 is 10.4 Å². The van der Waals surface area contributed by atoms with Crippen LogP contribution >= 0.6 is 11.6 Å². The van der Waals surface area contributed by atoms with Crippen LogP contribution in [0.15, 0.2) is 36.4 Å². The fraction of sp³-hybridized carbons (Fsp3) is 0.250. The minimum absolute atomic E-state index is 0.214. The first kappa shape index (κ1) is 15.3. The third-order valence-electron chi connectivity index (χ3n) is 2.96. The van der Waals surface area contributed by atoms with Crippen molar-refractivity contribution in [3.63, 3.8) is 0 Å². The van der Waals surface area contributed by atoms with Crippen molar-refractivity contribution in [1.29, 1.82) is 0 Å². The number of benzene rings is 1. The maximum absolute atomic E-state index is 11.3. The maximum atomic E-state index is 11.3. The normalized spacial score (nSPS) is 11.2. The van der Waals surface area contributed by atoms with E-state index >= 15 is 0 Å². The first-order chi connectivity index (χ1) is 9.75. The number of hydrogen-bond donors (Lipinski definition) is 2. The summed E-state index contributed by atoms with van der Waals surface area (Å²) in [6, 6.07) is 10.3. The monoisotopic (exact) mass is 304 g/mol. The van der Waals surface area contributed by atoms with Gasteiger partial charge in [0.05, 0.1) is 5.56 Å². The number of anilines is 2. The zero-order chi connectivity index (χ0) is 15.6. The van der Waals surface area contributed by atoms with E-state index < -0.39 is 5.97 Å². The van der Waals surface area contributed by atoms with Gasteiger partial charge in [0.15, 0.2) is 0 Å². The molecule has 2 aromatic rings. The van der Waals surface area contributed by atoms with Gasteiger partial charge in [0.25, 0.3) is 0 Å². The number of carboxylic acids is 1. The number of rotatable bonds is 3. The second-order valence-electron chi connectivity index (χ2n) is 5.81. The Morgan fingerprint density at radius 2 is 1.81 bits per heavy atom. The molecule has 0 saturated heterocycles. The first-order valence-electron chi connectivity index (χ1n) is 6.54. The summed E-state index contributed by atoms with van der Waals surface area (Å²) in [5.41, 5.74) is 1.50. The molecular weight excluding hydrogens is 288 g/mol. The van der Waals surface area contributed by atoms with E-state index in [4.69, 9.17) is 11.6 Å². The lowest BCUT2D eigenvalue weighted by atomic mass is 9.91. The Bertz CT molecular complexity index is 661. The minimum Gasteiger partial charge on any atom is -0.478 e. The SMILES string of the molecule is CC(C)(C)c1cc(C(=O)O)cc(Nc2ccc(Cl)cc2)n1. The Morgan fingerprint density at radius 3 is 2.33 bits per heavy atom. The van der Waals surface area contributed by atoms with Gasteiger partial charge in [-0.05, 0) is 36.4 Å².